The molecule has 92 valence electrons. The van der Waals surface area contributed by atoms with Crippen LogP contribution >= 0.6 is 0 Å². The van der Waals surface area contributed by atoms with Crippen LogP contribution in [0.15, 0.2) is 24.3 Å². The summed E-state index contributed by atoms with van der Waals surface area (Å²) in [7, 11) is 0. The zero-order valence-corrected chi connectivity index (χ0v) is 10.2. The third-order valence-electron chi connectivity index (χ3n) is 3.36. The molecule has 3 heteroatoms. The van der Waals surface area contributed by atoms with Gasteiger partial charge in [-0.25, -0.2) is 0 Å². The minimum Gasteiger partial charge on any atom is -0.494 e. The van der Waals surface area contributed by atoms with E-state index < -0.39 is 5.54 Å². The summed E-state index contributed by atoms with van der Waals surface area (Å²) >= 11 is 0. The lowest BCUT2D eigenvalue weighted by molar-refractivity contribution is 0.0891. The first kappa shape index (κ1) is 12.1. The molecule has 2 N–H and O–H groups in total. The maximum absolute atomic E-state index is 12.3. The molecule has 1 aromatic rings. The van der Waals surface area contributed by atoms with Gasteiger partial charge in [-0.2, -0.15) is 0 Å². The Bertz CT molecular complexity index is 408. The third-order valence-corrected chi connectivity index (χ3v) is 3.36. The molecule has 0 spiro atoms. The lowest BCUT2D eigenvalue weighted by atomic mass is 9.89. The largest absolute Gasteiger partial charge is 0.494 e. The summed E-state index contributed by atoms with van der Waals surface area (Å²) in [4.78, 5) is 12.3. The smallest absolute Gasteiger partial charge is 0.182 e. The van der Waals surface area contributed by atoms with Crippen molar-refractivity contribution in [2.45, 2.75) is 38.1 Å². The highest BCUT2D eigenvalue weighted by atomic mass is 16.5. The SMILES string of the molecule is CCOc1cccc(C(=O)C2(N)CCCC2)c1. The van der Waals surface area contributed by atoms with Crippen LogP contribution in [0, 0.1) is 0 Å². The summed E-state index contributed by atoms with van der Waals surface area (Å²) in [6.07, 6.45) is 3.69. The lowest BCUT2D eigenvalue weighted by Gasteiger charge is -2.21. The van der Waals surface area contributed by atoms with Crippen molar-refractivity contribution in [2.24, 2.45) is 5.73 Å². The van der Waals surface area contributed by atoms with Gasteiger partial charge in [0.25, 0.3) is 0 Å². The van der Waals surface area contributed by atoms with Crippen molar-refractivity contribution >= 4 is 5.78 Å². The monoisotopic (exact) mass is 233 g/mol. The molecule has 1 saturated carbocycles. The van der Waals surface area contributed by atoms with Crippen molar-refractivity contribution in [1.82, 2.24) is 0 Å². The first-order valence-electron chi connectivity index (χ1n) is 6.22. The van der Waals surface area contributed by atoms with Gasteiger partial charge in [0.2, 0.25) is 0 Å². The van der Waals surface area contributed by atoms with E-state index in [0.29, 0.717) is 12.2 Å². The second-order valence-corrected chi connectivity index (χ2v) is 4.65. The molecule has 0 radical (unpaired) electrons. The van der Waals surface area contributed by atoms with Crippen LogP contribution in [-0.4, -0.2) is 17.9 Å². The van der Waals surface area contributed by atoms with Gasteiger partial charge in [0.05, 0.1) is 12.1 Å². The molecule has 1 aromatic carbocycles. The molecule has 0 amide bonds. The van der Waals surface area contributed by atoms with Crippen LogP contribution in [0.5, 0.6) is 5.75 Å². The van der Waals surface area contributed by atoms with Crippen LogP contribution in [0.3, 0.4) is 0 Å². The van der Waals surface area contributed by atoms with E-state index in [4.69, 9.17) is 10.5 Å². The summed E-state index contributed by atoms with van der Waals surface area (Å²) < 4.78 is 5.40. The minimum atomic E-state index is -0.648. The maximum atomic E-state index is 12.3. The van der Waals surface area contributed by atoms with Gasteiger partial charge >= 0.3 is 0 Å². The molecular formula is C14H19NO2. The standard InChI is InChI=1S/C14H19NO2/c1-2-17-12-7-5-6-11(10-12)13(16)14(15)8-3-4-9-14/h5-7,10H,2-4,8-9,15H2,1H3. The summed E-state index contributed by atoms with van der Waals surface area (Å²) in [5, 5.41) is 0. The number of rotatable bonds is 4. The predicted molar refractivity (Wildman–Crippen MR) is 67.3 cm³/mol. The van der Waals surface area contributed by atoms with Crippen LogP contribution in [-0.2, 0) is 0 Å². The highest BCUT2D eigenvalue weighted by Crippen LogP contribution is 2.31. The van der Waals surface area contributed by atoms with E-state index in [1.54, 1.807) is 6.07 Å². The Balaban J connectivity index is 2.21. The van der Waals surface area contributed by atoms with Gasteiger partial charge < -0.3 is 10.5 Å². The van der Waals surface area contributed by atoms with E-state index in [-0.39, 0.29) is 5.78 Å². The van der Waals surface area contributed by atoms with Gasteiger partial charge in [-0.1, -0.05) is 25.0 Å². The Morgan fingerprint density at radius 1 is 1.41 bits per heavy atom. The third kappa shape index (κ3) is 2.50. The molecule has 1 aliphatic rings. The van der Waals surface area contributed by atoms with Crippen LogP contribution in [0.1, 0.15) is 43.0 Å². The highest BCUT2D eigenvalue weighted by Gasteiger charge is 2.37. The molecule has 1 fully saturated rings. The number of carbonyl (C=O) groups is 1. The van der Waals surface area contributed by atoms with Crippen LogP contribution in [0.4, 0.5) is 0 Å². The maximum Gasteiger partial charge on any atom is 0.182 e. The van der Waals surface area contributed by atoms with Gasteiger partial charge in [0, 0.05) is 5.56 Å². The number of ketones is 1. The fourth-order valence-electron chi connectivity index (χ4n) is 2.41. The molecular weight excluding hydrogens is 214 g/mol. The van der Waals surface area contributed by atoms with E-state index >= 15 is 0 Å². The molecule has 0 atom stereocenters. The number of Topliss-reactive ketones (excluding diaryl/α,β-unsaturated/α-hetero) is 1. The lowest BCUT2D eigenvalue weighted by Crippen LogP contribution is -2.45. The molecule has 17 heavy (non-hydrogen) atoms. The molecule has 3 nitrogen and oxygen atoms in total. The second kappa shape index (κ2) is 4.88. The van der Waals surface area contributed by atoms with E-state index in [1.165, 1.54) is 0 Å². The van der Waals surface area contributed by atoms with Gasteiger partial charge in [-0.3, -0.25) is 4.79 Å². The first-order valence-corrected chi connectivity index (χ1v) is 6.22. The van der Waals surface area contributed by atoms with E-state index in [9.17, 15) is 4.79 Å². The van der Waals surface area contributed by atoms with Crippen LogP contribution < -0.4 is 10.5 Å². The molecule has 2 rings (SSSR count). The molecule has 0 unspecified atom stereocenters. The number of ether oxygens (including phenoxy) is 1. The Hall–Kier alpha value is -1.35. The quantitative estimate of drug-likeness (QED) is 0.813. The predicted octanol–water partition coefficient (Wildman–Crippen LogP) is 2.54. The van der Waals surface area contributed by atoms with Gasteiger partial charge in [0.1, 0.15) is 5.75 Å². The van der Waals surface area contributed by atoms with Gasteiger partial charge in [0.15, 0.2) is 5.78 Å². The average Bonchev–Trinajstić information content (AvgIpc) is 2.77. The van der Waals surface area contributed by atoms with Crippen molar-refractivity contribution in [3.63, 3.8) is 0 Å². The zero-order valence-electron chi connectivity index (χ0n) is 10.2. The van der Waals surface area contributed by atoms with Crippen molar-refractivity contribution in [1.29, 1.82) is 0 Å². The topological polar surface area (TPSA) is 52.3 Å². The van der Waals surface area contributed by atoms with E-state index in [1.807, 2.05) is 25.1 Å². The summed E-state index contributed by atoms with van der Waals surface area (Å²) in [6.45, 7) is 2.53. The molecule has 0 aromatic heterocycles. The van der Waals surface area contributed by atoms with Crippen LogP contribution in [0.25, 0.3) is 0 Å². The fraction of sp³-hybridized carbons (Fsp3) is 0.500. The molecule has 0 aliphatic heterocycles. The molecule has 0 saturated heterocycles. The number of benzene rings is 1. The Morgan fingerprint density at radius 2 is 2.12 bits per heavy atom. The van der Waals surface area contributed by atoms with Gasteiger partial charge in [-0.15, -0.1) is 0 Å². The van der Waals surface area contributed by atoms with Crippen molar-refractivity contribution in [3.8, 4) is 5.75 Å². The average molecular weight is 233 g/mol. The van der Waals surface area contributed by atoms with Crippen molar-refractivity contribution in [3.05, 3.63) is 29.8 Å². The molecule has 1 aliphatic carbocycles. The Labute approximate surface area is 102 Å². The Kier molecular flexibility index (Phi) is 3.48. The van der Waals surface area contributed by atoms with E-state index in [0.717, 1.165) is 31.4 Å². The molecule has 0 heterocycles. The fourth-order valence-corrected chi connectivity index (χ4v) is 2.41. The number of hydrogen-bond donors (Lipinski definition) is 1. The van der Waals surface area contributed by atoms with Crippen molar-refractivity contribution < 1.29 is 9.53 Å². The zero-order chi connectivity index (χ0) is 12.3. The highest BCUT2D eigenvalue weighted by molar-refractivity contribution is 6.03. The first-order chi connectivity index (χ1) is 8.15. The normalized spacial score (nSPS) is 18.0. The second-order valence-electron chi connectivity index (χ2n) is 4.65. The number of nitrogens with two attached hydrogens (primary N) is 1. The Morgan fingerprint density at radius 3 is 2.76 bits per heavy atom. The number of hydrogen-bond acceptors (Lipinski definition) is 3. The summed E-state index contributed by atoms with van der Waals surface area (Å²) in [6, 6.07) is 7.31. The minimum absolute atomic E-state index is 0.0524. The van der Waals surface area contributed by atoms with Crippen LogP contribution in [0.2, 0.25) is 0 Å². The van der Waals surface area contributed by atoms with E-state index in [2.05, 4.69) is 0 Å². The summed E-state index contributed by atoms with van der Waals surface area (Å²) in [5.41, 5.74) is 6.19. The van der Waals surface area contributed by atoms with Gasteiger partial charge in [-0.05, 0) is 31.9 Å². The van der Waals surface area contributed by atoms with Crippen molar-refractivity contribution in [2.75, 3.05) is 6.61 Å². The summed E-state index contributed by atoms with van der Waals surface area (Å²) in [5.74, 6) is 0.788. The number of carbonyl (C=O) groups excluding carboxylic acids is 1. The molecule has 0 bridgehead atoms.